The van der Waals surface area contributed by atoms with E-state index in [1.807, 2.05) is 6.07 Å². The number of aliphatic hydroxyl groups excluding tert-OH is 1. The first kappa shape index (κ1) is 30.6. The zero-order chi connectivity index (χ0) is 30.1. The third-order valence-corrected chi connectivity index (χ3v) is 11.2. The standard InChI is InChI=1S/C33H41ClN2O5S/c1-4-6-17-42(39,40)35-31(38)24-10-13-29-28(19-24)36(20-25-14-16-32(25,3)30(37)8-5-2)21-33(22-41-29)15-7-9-23-18-26(34)11-12-27(23)33/h4-5,10-13,18-19,25,30,37H,1-2,6-9,14-17,20-22H2,3H3,(H,35,38)/t25-,30-,32-,33-/m0/s1. The number of nitrogens with one attached hydrogen (secondary N) is 1. The van der Waals surface area contributed by atoms with Gasteiger partial charge in [0.1, 0.15) is 5.75 Å². The van der Waals surface area contributed by atoms with Crippen molar-refractivity contribution >= 4 is 33.2 Å². The van der Waals surface area contributed by atoms with E-state index in [-0.39, 0.29) is 34.5 Å². The Hall–Kier alpha value is -2.81. The van der Waals surface area contributed by atoms with Crippen LogP contribution in [0.25, 0.3) is 0 Å². The number of aliphatic hydroxyl groups is 1. The van der Waals surface area contributed by atoms with Crippen LogP contribution in [0.1, 0.15) is 66.9 Å². The molecule has 1 heterocycles. The number of anilines is 1. The molecule has 2 aliphatic carbocycles. The zero-order valence-corrected chi connectivity index (χ0v) is 25.9. The first-order chi connectivity index (χ1) is 20.0. The summed E-state index contributed by atoms with van der Waals surface area (Å²) in [5, 5.41) is 11.7. The number of sulfonamides is 1. The monoisotopic (exact) mass is 612 g/mol. The number of carbonyl (C=O) groups is 1. The molecule has 0 radical (unpaired) electrons. The van der Waals surface area contributed by atoms with Crippen LogP contribution in [0.5, 0.6) is 5.75 Å². The van der Waals surface area contributed by atoms with Gasteiger partial charge in [-0.05, 0) is 97.7 Å². The minimum atomic E-state index is -3.80. The molecule has 1 aliphatic heterocycles. The third kappa shape index (κ3) is 5.99. The Morgan fingerprint density at radius 1 is 1.24 bits per heavy atom. The lowest BCUT2D eigenvalue weighted by molar-refractivity contribution is -0.0695. The first-order valence-electron chi connectivity index (χ1n) is 14.8. The van der Waals surface area contributed by atoms with Gasteiger partial charge in [-0.15, -0.1) is 13.2 Å². The molecule has 4 atom stereocenters. The topological polar surface area (TPSA) is 95.9 Å². The Morgan fingerprint density at radius 3 is 2.76 bits per heavy atom. The van der Waals surface area contributed by atoms with Crippen molar-refractivity contribution in [3.63, 3.8) is 0 Å². The third-order valence-electron chi connectivity index (χ3n) is 9.69. The summed E-state index contributed by atoms with van der Waals surface area (Å²) in [7, 11) is -3.80. The molecule has 9 heteroatoms. The van der Waals surface area contributed by atoms with Crippen molar-refractivity contribution in [1.82, 2.24) is 4.72 Å². The molecule has 0 saturated heterocycles. The number of rotatable bonds is 10. The van der Waals surface area contributed by atoms with Gasteiger partial charge >= 0.3 is 0 Å². The fourth-order valence-electron chi connectivity index (χ4n) is 6.98. The molecule has 1 saturated carbocycles. The van der Waals surface area contributed by atoms with Crippen molar-refractivity contribution in [3.05, 3.63) is 83.4 Å². The molecule has 1 spiro atoms. The van der Waals surface area contributed by atoms with E-state index in [1.165, 1.54) is 17.2 Å². The molecular formula is C33H41ClN2O5S. The predicted octanol–water partition coefficient (Wildman–Crippen LogP) is 5.80. The molecule has 5 rings (SSSR count). The Kier molecular flexibility index (Phi) is 8.80. The fourth-order valence-corrected chi connectivity index (χ4v) is 8.15. The normalized spacial score (nSPS) is 25.7. The summed E-state index contributed by atoms with van der Waals surface area (Å²) in [5.41, 5.74) is 2.96. The van der Waals surface area contributed by atoms with Gasteiger partial charge < -0.3 is 14.7 Å². The van der Waals surface area contributed by atoms with Crippen LogP contribution in [0.15, 0.2) is 61.7 Å². The summed E-state index contributed by atoms with van der Waals surface area (Å²) < 4.78 is 33.6. The maximum absolute atomic E-state index is 13.1. The van der Waals surface area contributed by atoms with Gasteiger partial charge in [-0.2, -0.15) is 0 Å². The summed E-state index contributed by atoms with van der Waals surface area (Å²) in [6.45, 7) is 11.4. The van der Waals surface area contributed by atoms with E-state index >= 15 is 0 Å². The number of allylic oxidation sites excluding steroid dienone is 1. The van der Waals surface area contributed by atoms with Gasteiger partial charge in [0.2, 0.25) is 10.0 Å². The number of nitrogens with zero attached hydrogens (tertiary/aromatic N) is 1. The van der Waals surface area contributed by atoms with E-state index in [2.05, 4.69) is 41.8 Å². The smallest absolute Gasteiger partial charge is 0.264 e. The molecular weight excluding hydrogens is 572 g/mol. The molecule has 0 aromatic heterocycles. The second kappa shape index (κ2) is 12.1. The van der Waals surface area contributed by atoms with Gasteiger partial charge in [-0.3, -0.25) is 4.79 Å². The molecule has 0 bridgehead atoms. The van der Waals surface area contributed by atoms with Crippen molar-refractivity contribution in [2.75, 3.05) is 30.3 Å². The summed E-state index contributed by atoms with van der Waals surface area (Å²) in [6.07, 6.45) is 8.42. The highest BCUT2D eigenvalue weighted by atomic mass is 35.5. The summed E-state index contributed by atoms with van der Waals surface area (Å²) in [6, 6.07) is 11.3. The van der Waals surface area contributed by atoms with Crippen molar-refractivity contribution in [3.8, 4) is 5.75 Å². The number of ether oxygens (including phenoxy) is 1. The molecule has 42 heavy (non-hydrogen) atoms. The second-order valence-corrected chi connectivity index (χ2v) is 14.7. The minimum Gasteiger partial charge on any atom is -0.490 e. The number of hydrogen-bond acceptors (Lipinski definition) is 6. The van der Waals surface area contributed by atoms with E-state index in [9.17, 15) is 18.3 Å². The van der Waals surface area contributed by atoms with Crippen LogP contribution in [0.4, 0.5) is 5.69 Å². The van der Waals surface area contributed by atoms with E-state index in [0.717, 1.165) is 42.8 Å². The Balaban J connectivity index is 1.52. The molecule has 2 N–H and O–H groups in total. The van der Waals surface area contributed by atoms with Gasteiger partial charge in [0.25, 0.3) is 5.91 Å². The average molecular weight is 613 g/mol. The van der Waals surface area contributed by atoms with Crippen molar-refractivity contribution in [2.45, 2.75) is 63.4 Å². The molecule has 2 aromatic rings. The molecule has 2 aromatic carbocycles. The fraction of sp³-hybridized carbons (Fsp3) is 0.485. The number of amides is 1. The summed E-state index contributed by atoms with van der Waals surface area (Å²) >= 11 is 6.38. The van der Waals surface area contributed by atoms with Crippen LogP contribution in [-0.2, 0) is 21.9 Å². The number of benzene rings is 2. The van der Waals surface area contributed by atoms with Gasteiger partial charge in [-0.25, -0.2) is 13.1 Å². The maximum atomic E-state index is 13.1. The minimum absolute atomic E-state index is 0.207. The van der Waals surface area contributed by atoms with Crippen LogP contribution < -0.4 is 14.4 Å². The number of fused-ring (bicyclic) bond motifs is 3. The highest BCUT2D eigenvalue weighted by molar-refractivity contribution is 7.90. The quantitative estimate of drug-likeness (QED) is 0.329. The van der Waals surface area contributed by atoms with Crippen molar-refractivity contribution < 1.29 is 23.1 Å². The molecule has 226 valence electrons. The number of carbonyl (C=O) groups excluding carboxylic acids is 1. The SMILES string of the molecule is C=CCCS(=O)(=O)NC(=O)c1ccc2c(c1)N(C[C@@H]1CC[C@]1(C)[C@@H](O)CC=C)C[C@@]1(CCCc3cc(Cl)ccc31)CO2. The molecule has 0 unspecified atom stereocenters. The van der Waals surface area contributed by atoms with Gasteiger partial charge in [0.15, 0.2) is 0 Å². The predicted molar refractivity (Wildman–Crippen MR) is 168 cm³/mol. The average Bonchev–Trinajstić information content (AvgIpc) is 3.10. The summed E-state index contributed by atoms with van der Waals surface area (Å²) in [4.78, 5) is 15.4. The highest BCUT2D eigenvalue weighted by Gasteiger charge is 2.49. The first-order valence-corrected chi connectivity index (χ1v) is 16.8. The number of hydrogen-bond donors (Lipinski definition) is 2. The Morgan fingerprint density at radius 2 is 2.05 bits per heavy atom. The van der Waals surface area contributed by atoms with E-state index in [0.29, 0.717) is 31.9 Å². The van der Waals surface area contributed by atoms with Crippen LogP contribution in [0, 0.1) is 11.3 Å². The van der Waals surface area contributed by atoms with Crippen LogP contribution >= 0.6 is 11.6 Å². The van der Waals surface area contributed by atoms with Crippen LogP contribution in [-0.4, -0.2) is 51.0 Å². The lowest BCUT2D eigenvalue weighted by Gasteiger charge is -2.52. The van der Waals surface area contributed by atoms with E-state index in [1.54, 1.807) is 24.3 Å². The Bertz CT molecular complexity index is 1480. The largest absolute Gasteiger partial charge is 0.490 e. The van der Waals surface area contributed by atoms with Crippen molar-refractivity contribution in [2.24, 2.45) is 11.3 Å². The molecule has 7 nitrogen and oxygen atoms in total. The zero-order valence-electron chi connectivity index (χ0n) is 24.3. The highest BCUT2D eigenvalue weighted by Crippen LogP contribution is 2.52. The maximum Gasteiger partial charge on any atom is 0.264 e. The number of halogens is 1. The second-order valence-electron chi connectivity index (χ2n) is 12.4. The van der Waals surface area contributed by atoms with E-state index < -0.39 is 22.0 Å². The number of aryl methyl sites for hydroxylation is 1. The molecule has 1 fully saturated rings. The Labute approximate surface area is 254 Å². The molecule has 3 aliphatic rings. The lowest BCUT2D eigenvalue weighted by Crippen LogP contribution is -2.53. The van der Waals surface area contributed by atoms with Gasteiger partial charge in [-0.1, -0.05) is 36.7 Å². The lowest BCUT2D eigenvalue weighted by atomic mass is 9.57. The van der Waals surface area contributed by atoms with Crippen LogP contribution in [0.2, 0.25) is 5.02 Å². The summed E-state index contributed by atoms with van der Waals surface area (Å²) in [5.74, 6) is 0.00211. The van der Waals surface area contributed by atoms with Crippen molar-refractivity contribution in [1.29, 1.82) is 0 Å². The molecule has 1 amide bonds. The van der Waals surface area contributed by atoms with Gasteiger partial charge in [0, 0.05) is 29.1 Å². The van der Waals surface area contributed by atoms with Crippen LogP contribution in [0.3, 0.4) is 0 Å². The van der Waals surface area contributed by atoms with E-state index in [4.69, 9.17) is 16.3 Å². The van der Waals surface area contributed by atoms with Gasteiger partial charge in [0.05, 0.1) is 24.2 Å².